The van der Waals surface area contributed by atoms with Crippen LogP contribution in [-0.2, 0) is 0 Å². The number of aromatic hydroxyl groups is 1. The highest BCUT2D eigenvalue weighted by atomic mass is 32.2. The van der Waals surface area contributed by atoms with Crippen LogP contribution in [0.1, 0.15) is 87.9 Å². The molecule has 1 amide bonds. The second kappa shape index (κ2) is 15.2. The Morgan fingerprint density at radius 2 is 1.40 bits per heavy atom. The number of benzene rings is 2. The third kappa shape index (κ3) is 9.42. The van der Waals surface area contributed by atoms with Crippen LogP contribution >= 0.6 is 11.8 Å². The van der Waals surface area contributed by atoms with Gasteiger partial charge in [0.05, 0.1) is 5.56 Å². The molecule has 0 atom stereocenters. The maximum absolute atomic E-state index is 12.4. The minimum Gasteiger partial charge on any atom is -0.507 e. The molecule has 0 aromatic heterocycles. The molecular formula is C26H39NO2S. The van der Waals surface area contributed by atoms with Crippen LogP contribution in [0, 0.1) is 0 Å². The fourth-order valence-electron chi connectivity index (χ4n) is 3.68. The molecule has 166 valence electrons. The first kappa shape index (κ1) is 24.6. The second-order valence-corrected chi connectivity index (χ2v) is 9.35. The first-order chi connectivity index (χ1) is 14.7. The van der Waals surface area contributed by atoms with Crippen molar-refractivity contribution in [2.24, 2.45) is 0 Å². The van der Waals surface area contributed by atoms with E-state index in [1.165, 1.54) is 70.0 Å². The number of thioether (sulfide) groups is 1. The predicted octanol–water partition coefficient (Wildman–Crippen LogP) is 7.32. The quantitative estimate of drug-likeness (QED) is 0.275. The highest BCUT2D eigenvalue weighted by Crippen LogP contribution is 2.24. The van der Waals surface area contributed by atoms with Crippen molar-refractivity contribution >= 4 is 28.4 Å². The molecule has 0 heterocycles. The van der Waals surface area contributed by atoms with E-state index in [2.05, 4.69) is 12.2 Å². The van der Waals surface area contributed by atoms with Gasteiger partial charge in [0.2, 0.25) is 0 Å². The lowest BCUT2D eigenvalue weighted by Gasteiger charge is -2.08. The lowest BCUT2D eigenvalue weighted by atomic mass is 10.1. The molecule has 0 bridgehead atoms. The van der Waals surface area contributed by atoms with Crippen molar-refractivity contribution in [3.63, 3.8) is 0 Å². The summed E-state index contributed by atoms with van der Waals surface area (Å²) in [4.78, 5) is 12.4. The van der Waals surface area contributed by atoms with Gasteiger partial charge < -0.3 is 10.4 Å². The Balaban J connectivity index is 1.46. The van der Waals surface area contributed by atoms with Crippen molar-refractivity contribution in [1.82, 2.24) is 5.32 Å². The molecule has 0 aliphatic carbocycles. The maximum Gasteiger partial charge on any atom is 0.255 e. The molecule has 4 heteroatoms. The third-order valence-electron chi connectivity index (χ3n) is 5.50. The number of phenols is 1. The summed E-state index contributed by atoms with van der Waals surface area (Å²) in [6.07, 6.45) is 14.8. The Bertz CT molecular complexity index is 747. The Morgan fingerprint density at radius 3 is 2.07 bits per heavy atom. The van der Waals surface area contributed by atoms with Crippen LogP contribution < -0.4 is 5.32 Å². The molecule has 0 spiro atoms. The number of unbranched alkanes of at least 4 members (excludes halogenated alkanes) is 9. The van der Waals surface area contributed by atoms with E-state index in [1.807, 2.05) is 36.0 Å². The van der Waals surface area contributed by atoms with E-state index in [0.717, 1.165) is 22.9 Å². The molecule has 0 aliphatic heterocycles. The van der Waals surface area contributed by atoms with Gasteiger partial charge in [-0.1, -0.05) is 89.0 Å². The highest BCUT2D eigenvalue weighted by Gasteiger charge is 2.11. The molecule has 0 radical (unpaired) electrons. The highest BCUT2D eigenvalue weighted by molar-refractivity contribution is 7.99. The topological polar surface area (TPSA) is 49.3 Å². The summed E-state index contributed by atoms with van der Waals surface area (Å²) < 4.78 is 0. The standard InChI is InChI=1S/C26H39NO2S/c1-2-3-4-5-6-7-8-9-10-13-18-30-19-14-17-27-26(29)24-20-22-15-11-12-16-23(22)21-25(24)28/h11-12,15-16,20-21,28H,2-10,13-14,17-19H2,1H3,(H,27,29). The van der Waals surface area contributed by atoms with E-state index in [9.17, 15) is 9.90 Å². The monoisotopic (exact) mass is 429 g/mol. The van der Waals surface area contributed by atoms with Crippen LogP contribution in [0.4, 0.5) is 0 Å². The molecule has 2 N–H and O–H groups in total. The lowest BCUT2D eigenvalue weighted by Crippen LogP contribution is -2.24. The smallest absolute Gasteiger partial charge is 0.255 e. The van der Waals surface area contributed by atoms with Gasteiger partial charge in [-0.2, -0.15) is 11.8 Å². The Labute approximate surface area is 187 Å². The average Bonchev–Trinajstić information content (AvgIpc) is 2.75. The van der Waals surface area contributed by atoms with E-state index < -0.39 is 0 Å². The van der Waals surface area contributed by atoms with Crippen molar-refractivity contribution < 1.29 is 9.90 Å². The first-order valence-electron chi connectivity index (χ1n) is 11.8. The van der Waals surface area contributed by atoms with Crippen LogP contribution in [-0.4, -0.2) is 29.1 Å². The molecule has 2 aromatic carbocycles. The fraction of sp³-hybridized carbons (Fsp3) is 0.577. The normalized spacial score (nSPS) is 11.1. The van der Waals surface area contributed by atoms with Gasteiger partial charge in [-0.3, -0.25) is 4.79 Å². The Hall–Kier alpha value is -1.68. The summed E-state index contributed by atoms with van der Waals surface area (Å²) in [5, 5.41) is 15.0. The third-order valence-corrected chi connectivity index (χ3v) is 6.66. The summed E-state index contributed by atoms with van der Waals surface area (Å²) >= 11 is 1.98. The van der Waals surface area contributed by atoms with E-state index in [0.29, 0.717) is 12.1 Å². The molecule has 30 heavy (non-hydrogen) atoms. The second-order valence-electron chi connectivity index (χ2n) is 8.12. The molecule has 0 aliphatic rings. The van der Waals surface area contributed by atoms with Crippen molar-refractivity contribution in [3.05, 3.63) is 42.0 Å². The summed E-state index contributed by atoms with van der Waals surface area (Å²) in [6.45, 7) is 2.92. The van der Waals surface area contributed by atoms with Crippen LogP contribution in [0.5, 0.6) is 5.75 Å². The van der Waals surface area contributed by atoms with Crippen molar-refractivity contribution in [2.45, 2.75) is 77.6 Å². The largest absolute Gasteiger partial charge is 0.507 e. The number of fused-ring (bicyclic) bond motifs is 1. The lowest BCUT2D eigenvalue weighted by molar-refractivity contribution is 0.0951. The molecule has 3 nitrogen and oxygen atoms in total. The van der Waals surface area contributed by atoms with Crippen LogP contribution in [0.3, 0.4) is 0 Å². The van der Waals surface area contributed by atoms with Crippen molar-refractivity contribution in [1.29, 1.82) is 0 Å². The number of phenolic OH excluding ortho intramolecular Hbond substituents is 1. The molecule has 0 unspecified atom stereocenters. The van der Waals surface area contributed by atoms with Gasteiger partial charge >= 0.3 is 0 Å². The van der Waals surface area contributed by atoms with E-state index in [4.69, 9.17) is 0 Å². The molecule has 0 saturated carbocycles. The minimum absolute atomic E-state index is 0.0431. The minimum atomic E-state index is -0.196. The Morgan fingerprint density at radius 1 is 0.833 bits per heavy atom. The van der Waals surface area contributed by atoms with E-state index >= 15 is 0 Å². The van der Waals surface area contributed by atoms with Gasteiger partial charge in [0.25, 0.3) is 5.91 Å². The Kier molecular flexibility index (Phi) is 12.4. The molecule has 0 saturated heterocycles. The fourth-order valence-corrected chi connectivity index (χ4v) is 4.64. The summed E-state index contributed by atoms with van der Waals surface area (Å²) in [5.74, 6) is 2.14. The molecule has 2 rings (SSSR count). The number of amides is 1. The van der Waals surface area contributed by atoms with Crippen molar-refractivity contribution in [2.75, 3.05) is 18.1 Å². The average molecular weight is 430 g/mol. The van der Waals surface area contributed by atoms with Gasteiger partial charge in [0, 0.05) is 6.54 Å². The summed E-state index contributed by atoms with van der Waals surface area (Å²) in [5.41, 5.74) is 0.353. The zero-order chi connectivity index (χ0) is 21.4. The van der Waals surface area contributed by atoms with Gasteiger partial charge in [-0.05, 0) is 47.3 Å². The summed E-state index contributed by atoms with van der Waals surface area (Å²) in [6, 6.07) is 11.2. The number of carbonyl (C=O) groups is 1. The number of carbonyl (C=O) groups excluding carboxylic acids is 1. The van der Waals surface area contributed by atoms with Gasteiger partial charge in [-0.15, -0.1) is 0 Å². The maximum atomic E-state index is 12.4. The van der Waals surface area contributed by atoms with Gasteiger partial charge in [-0.25, -0.2) is 0 Å². The zero-order valence-electron chi connectivity index (χ0n) is 18.6. The number of hydrogen-bond acceptors (Lipinski definition) is 3. The number of nitrogens with one attached hydrogen (secondary N) is 1. The van der Waals surface area contributed by atoms with Crippen molar-refractivity contribution in [3.8, 4) is 5.75 Å². The zero-order valence-corrected chi connectivity index (χ0v) is 19.4. The molecular weight excluding hydrogens is 390 g/mol. The first-order valence-corrected chi connectivity index (χ1v) is 13.0. The molecule has 2 aromatic rings. The van der Waals surface area contributed by atoms with Crippen LogP contribution in [0.25, 0.3) is 10.8 Å². The SMILES string of the molecule is CCCCCCCCCCCCSCCCNC(=O)c1cc2ccccc2cc1O. The molecule has 0 fully saturated rings. The van der Waals surface area contributed by atoms with E-state index in [-0.39, 0.29) is 11.7 Å². The van der Waals surface area contributed by atoms with Crippen LogP contribution in [0.2, 0.25) is 0 Å². The number of rotatable bonds is 16. The van der Waals surface area contributed by atoms with Crippen LogP contribution in [0.15, 0.2) is 36.4 Å². The number of hydrogen-bond donors (Lipinski definition) is 2. The summed E-state index contributed by atoms with van der Waals surface area (Å²) in [7, 11) is 0. The van der Waals surface area contributed by atoms with Gasteiger partial charge in [0.15, 0.2) is 0 Å². The van der Waals surface area contributed by atoms with E-state index in [1.54, 1.807) is 12.1 Å². The predicted molar refractivity (Wildman–Crippen MR) is 132 cm³/mol. The van der Waals surface area contributed by atoms with Gasteiger partial charge in [0.1, 0.15) is 5.75 Å².